The SMILES string of the molecule is CCNC(=O)Nc1ccc(N2CCCN(C(=O)c3cccc(F)c3)CC2)c(C(=O)NCc2ccc(F)cc2)c1. The number of carbonyl (C=O) groups is 3. The van der Waals surface area contributed by atoms with Crippen molar-refractivity contribution in [2.24, 2.45) is 0 Å². The molecule has 8 nitrogen and oxygen atoms in total. The van der Waals surface area contributed by atoms with Crippen molar-refractivity contribution in [1.29, 1.82) is 0 Å². The Labute approximate surface area is 226 Å². The third-order valence-corrected chi connectivity index (χ3v) is 6.40. The lowest BCUT2D eigenvalue weighted by atomic mass is 10.1. The van der Waals surface area contributed by atoms with Crippen molar-refractivity contribution in [1.82, 2.24) is 15.5 Å². The van der Waals surface area contributed by atoms with E-state index in [0.29, 0.717) is 61.6 Å². The number of nitrogens with one attached hydrogen (secondary N) is 3. The van der Waals surface area contributed by atoms with E-state index in [4.69, 9.17) is 0 Å². The number of rotatable bonds is 7. The van der Waals surface area contributed by atoms with Crippen molar-refractivity contribution in [3.63, 3.8) is 0 Å². The molecular formula is C29H31F2N5O3. The molecule has 204 valence electrons. The summed E-state index contributed by atoms with van der Waals surface area (Å²) in [6, 6.07) is 16.2. The van der Waals surface area contributed by atoms with Crippen LogP contribution in [0.25, 0.3) is 0 Å². The van der Waals surface area contributed by atoms with E-state index in [-0.39, 0.29) is 30.2 Å². The highest BCUT2D eigenvalue weighted by Crippen LogP contribution is 2.26. The van der Waals surface area contributed by atoms with Gasteiger partial charge in [0.05, 0.1) is 5.56 Å². The smallest absolute Gasteiger partial charge is 0.319 e. The van der Waals surface area contributed by atoms with Crippen LogP contribution in [0.3, 0.4) is 0 Å². The molecule has 0 atom stereocenters. The van der Waals surface area contributed by atoms with Gasteiger partial charge in [0.25, 0.3) is 11.8 Å². The summed E-state index contributed by atoms with van der Waals surface area (Å²) in [6.45, 7) is 4.39. The van der Waals surface area contributed by atoms with Gasteiger partial charge in [-0.2, -0.15) is 0 Å². The van der Waals surface area contributed by atoms with Gasteiger partial charge >= 0.3 is 6.03 Å². The van der Waals surface area contributed by atoms with E-state index in [9.17, 15) is 23.2 Å². The van der Waals surface area contributed by atoms with Crippen LogP contribution in [-0.4, -0.2) is 55.5 Å². The lowest BCUT2D eigenvalue weighted by Gasteiger charge is -2.26. The Morgan fingerprint density at radius 3 is 2.38 bits per heavy atom. The molecule has 1 aliphatic rings. The predicted molar refractivity (Wildman–Crippen MR) is 146 cm³/mol. The number of urea groups is 1. The van der Waals surface area contributed by atoms with Crippen LogP contribution >= 0.6 is 0 Å². The van der Waals surface area contributed by atoms with Gasteiger partial charge in [-0.3, -0.25) is 9.59 Å². The van der Waals surface area contributed by atoms with Crippen molar-refractivity contribution in [3.8, 4) is 0 Å². The Hall–Kier alpha value is -4.47. The summed E-state index contributed by atoms with van der Waals surface area (Å²) in [6.07, 6.45) is 0.649. The number of halogens is 2. The second kappa shape index (κ2) is 12.9. The molecule has 0 aromatic heterocycles. The summed E-state index contributed by atoms with van der Waals surface area (Å²) in [5.41, 5.74) is 2.51. The van der Waals surface area contributed by atoms with Crippen LogP contribution in [0.4, 0.5) is 25.0 Å². The van der Waals surface area contributed by atoms with E-state index in [1.54, 1.807) is 48.2 Å². The molecule has 0 unspecified atom stereocenters. The summed E-state index contributed by atoms with van der Waals surface area (Å²) in [4.78, 5) is 42.1. The lowest BCUT2D eigenvalue weighted by Crippen LogP contribution is -2.36. The van der Waals surface area contributed by atoms with Crippen LogP contribution in [0.15, 0.2) is 66.7 Å². The second-order valence-electron chi connectivity index (χ2n) is 9.17. The van der Waals surface area contributed by atoms with Gasteiger partial charge in [0.15, 0.2) is 0 Å². The van der Waals surface area contributed by atoms with Gasteiger partial charge in [0, 0.05) is 56.2 Å². The van der Waals surface area contributed by atoms with Crippen LogP contribution in [0.2, 0.25) is 0 Å². The van der Waals surface area contributed by atoms with Crippen molar-refractivity contribution in [3.05, 3.63) is 95.1 Å². The highest BCUT2D eigenvalue weighted by molar-refractivity contribution is 6.02. The fourth-order valence-electron chi connectivity index (χ4n) is 4.45. The molecule has 4 rings (SSSR count). The molecule has 3 N–H and O–H groups in total. The zero-order valence-electron chi connectivity index (χ0n) is 21.7. The molecule has 0 aliphatic carbocycles. The van der Waals surface area contributed by atoms with Gasteiger partial charge in [-0.05, 0) is 67.4 Å². The third-order valence-electron chi connectivity index (χ3n) is 6.40. The third kappa shape index (κ3) is 7.31. The normalized spacial score (nSPS) is 13.4. The number of hydrogen-bond donors (Lipinski definition) is 3. The molecule has 39 heavy (non-hydrogen) atoms. The maximum Gasteiger partial charge on any atom is 0.319 e. The molecule has 0 radical (unpaired) electrons. The average Bonchev–Trinajstić information content (AvgIpc) is 3.18. The van der Waals surface area contributed by atoms with Crippen molar-refractivity contribution < 1.29 is 23.2 Å². The van der Waals surface area contributed by atoms with Crippen LogP contribution < -0.4 is 20.9 Å². The topological polar surface area (TPSA) is 93.8 Å². The van der Waals surface area contributed by atoms with Gasteiger partial charge in [-0.15, -0.1) is 0 Å². The summed E-state index contributed by atoms with van der Waals surface area (Å²) in [7, 11) is 0. The van der Waals surface area contributed by atoms with Crippen LogP contribution in [0, 0.1) is 11.6 Å². The van der Waals surface area contributed by atoms with Gasteiger partial charge in [0.1, 0.15) is 11.6 Å². The van der Waals surface area contributed by atoms with Crippen LogP contribution in [0.5, 0.6) is 0 Å². The van der Waals surface area contributed by atoms with E-state index in [1.165, 1.54) is 30.3 Å². The van der Waals surface area contributed by atoms with Gasteiger partial charge in [0.2, 0.25) is 0 Å². The minimum absolute atomic E-state index is 0.197. The average molecular weight is 536 g/mol. The Morgan fingerprint density at radius 1 is 0.846 bits per heavy atom. The first-order valence-corrected chi connectivity index (χ1v) is 12.9. The summed E-state index contributed by atoms with van der Waals surface area (Å²) < 4.78 is 26.9. The van der Waals surface area contributed by atoms with E-state index in [1.807, 2.05) is 4.90 Å². The van der Waals surface area contributed by atoms with Crippen LogP contribution in [-0.2, 0) is 6.54 Å². The second-order valence-corrected chi connectivity index (χ2v) is 9.17. The predicted octanol–water partition coefficient (Wildman–Crippen LogP) is 4.39. The summed E-state index contributed by atoms with van der Waals surface area (Å²) in [5, 5.41) is 8.26. The molecule has 4 amide bonds. The molecule has 1 saturated heterocycles. The van der Waals surface area contributed by atoms with E-state index < -0.39 is 5.82 Å². The Bertz CT molecular complexity index is 1330. The molecule has 1 fully saturated rings. The molecule has 0 spiro atoms. The summed E-state index contributed by atoms with van der Waals surface area (Å²) >= 11 is 0. The molecular weight excluding hydrogens is 504 g/mol. The number of benzene rings is 3. The number of anilines is 2. The highest BCUT2D eigenvalue weighted by Gasteiger charge is 2.24. The van der Waals surface area contributed by atoms with Crippen molar-refractivity contribution in [2.75, 3.05) is 42.9 Å². The fraction of sp³-hybridized carbons (Fsp3) is 0.276. The summed E-state index contributed by atoms with van der Waals surface area (Å²) in [5.74, 6) is -1.42. The first kappa shape index (κ1) is 27.6. The minimum atomic E-state index is -0.463. The molecule has 10 heteroatoms. The Morgan fingerprint density at radius 2 is 1.64 bits per heavy atom. The van der Waals surface area contributed by atoms with Gasteiger partial charge < -0.3 is 25.8 Å². The van der Waals surface area contributed by atoms with Crippen molar-refractivity contribution >= 4 is 29.2 Å². The maximum absolute atomic E-state index is 13.7. The molecule has 0 bridgehead atoms. The number of carbonyl (C=O) groups excluding carboxylic acids is 3. The largest absolute Gasteiger partial charge is 0.369 e. The zero-order valence-corrected chi connectivity index (χ0v) is 21.7. The quantitative estimate of drug-likeness (QED) is 0.419. The zero-order chi connectivity index (χ0) is 27.8. The van der Waals surface area contributed by atoms with Gasteiger partial charge in [-0.25, -0.2) is 13.6 Å². The highest BCUT2D eigenvalue weighted by atomic mass is 19.1. The molecule has 3 aromatic rings. The first-order valence-electron chi connectivity index (χ1n) is 12.9. The monoisotopic (exact) mass is 535 g/mol. The van der Waals surface area contributed by atoms with E-state index in [0.717, 1.165) is 5.56 Å². The Kier molecular flexibility index (Phi) is 9.09. The number of nitrogens with zero attached hydrogens (tertiary/aromatic N) is 2. The number of amides is 4. The molecule has 1 heterocycles. The molecule has 0 saturated carbocycles. The molecule has 3 aromatic carbocycles. The van der Waals surface area contributed by atoms with Crippen LogP contribution in [0.1, 0.15) is 39.6 Å². The first-order chi connectivity index (χ1) is 18.8. The standard InChI is InChI=1S/C29H31F2N5O3/c1-2-32-29(39)34-24-11-12-26(25(18-24)27(37)33-19-20-7-9-22(30)10-8-20)35-13-4-14-36(16-15-35)28(38)21-5-3-6-23(31)17-21/h3,5-12,17-18H,2,4,13-16,19H2,1H3,(H,33,37)(H2,32,34,39). The molecule has 1 aliphatic heterocycles. The van der Waals surface area contributed by atoms with Gasteiger partial charge in [-0.1, -0.05) is 18.2 Å². The maximum atomic E-state index is 13.7. The van der Waals surface area contributed by atoms with E-state index >= 15 is 0 Å². The Balaban J connectivity index is 1.53. The number of hydrogen-bond acceptors (Lipinski definition) is 4. The van der Waals surface area contributed by atoms with E-state index in [2.05, 4.69) is 16.0 Å². The lowest BCUT2D eigenvalue weighted by molar-refractivity contribution is 0.0766. The van der Waals surface area contributed by atoms with Crippen molar-refractivity contribution in [2.45, 2.75) is 19.9 Å². The fourth-order valence-corrected chi connectivity index (χ4v) is 4.45. The minimum Gasteiger partial charge on any atom is -0.369 e.